The van der Waals surface area contributed by atoms with Gasteiger partial charge in [0.05, 0.1) is 20.9 Å². The molecule has 0 aliphatic heterocycles. The predicted octanol–water partition coefficient (Wildman–Crippen LogP) is 3.77. The lowest BCUT2D eigenvalue weighted by Crippen LogP contribution is -2.12. The Balaban J connectivity index is 2.24. The smallest absolute Gasteiger partial charge is 0.269 e. The highest BCUT2D eigenvalue weighted by atomic mass is 79.9. The summed E-state index contributed by atoms with van der Waals surface area (Å²) in [7, 11) is 0. The number of amides is 1. The Morgan fingerprint density at radius 2 is 2.33 bits per heavy atom. The van der Waals surface area contributed by atoms with Gasteiger partial charge in [0, 0.05) is 0 Å². The Morgan fingerprint density at radius 1 is 1.56 bits per heavy atom. The molecule has 7 heteroatoms. The van der Waals surface area contributed by atoms with Crippen molar-refractivity contribution in [1.82, 2.24) is 9.59 Å². The molecule has 0 spiro atoms. The fourth-order valence-corrected chi connectivity index (χ4v) is 2.58. The van der Waals surface area contributed by atoms with Crippen LogP contribution >= 0.6 is 39.1 Å². The molecule has 0 bridgehead atoms. The summed E-state index contributed by atoms with van der Waals surface area (Å²) < 4.78 is 4.45. The van der Waals surface area contributed by atoms with Gasteiger partial charge in [-0.05, 0) is 46.0 Å². The van der Waals surface area contributed by atoms with E-state index in [4.69, 9.17) is 11.6 Å². The normalized spacial score (nSPS) is 10.4. The lowest BCUT2D eigenvalue weighted by atomic mass is 10.2. The monoisotopic (exact) mass is 345 g/mol. The number of rotatable bonds is 3. The van der Waals surface area contributed by atoms with Gasteiger partial charge in [-0.2, -0.15) is 0 Å². The van der Waals surface area contributed by atoms with E-state index in [1.807, 2.05) is 6.92 Å². The van der Waals surface area contributed by atoms with E-state index in [2.05, 4.69) is 30.8 Å². The van der Waals surface area contributed by atoms with Crippen molar-refractivity contribution in [3.05, 3.63) is 38.3 Å². The third-order valence-electron chi connectivity index (χ3n) is 2.30. The average Bonchev–Trinajstić information content (AvgIpc) is 2.83. The summed E-state index contributed by atoms with van der Waals surface area (Å²) in [6, 6.07) is 5.29. The van der Waals surface area contributed by atoms with Gasteiger partial charge in [-0.25, -0.2) is 0 Å². The van der Waals surface area contributed by atoms with Gasteiger partial charge in [0.1, 0.15) is 4.88 Å². The molecule has 0 saturated heterocycles. The summed E-state index contributed by atoms with van der Waals surface area (Å²) >= 11 is 10.4. The van der Waals surface area contributed by atoms with E-state index >= 15 is 0 Å². The molecule has 1 amide bonds. The molecule has 0 atom stereocenters. The number of anilines is 1. The average molecular weight is 347 g/mol. The quantitative estimate of drug-likeness (QED) is 0.920. The largest absolute Gasteiger partial charge is 0.320 e. The lowest BCUT2D eigenvalue weighted by molar-refractivity contribution is 0.102. The van der Waals surface area contributed by atoms with Crippen LogP contribution in [0.3, 0.4) is 0 Å². The van der Waals surface area contributed by atoms with Crippen LogP contribution in [0.5, 0.6) is 0 Å². The van der Waals surface area contributed by atoms with Crippen LogP contribution in [-0.2, 0) is 6.42 Å². The molecule has 4 nitrogen and oxygen atoms in total. The Hall–Kier alpha value is -0.980. The lowest BCUT2D eigenvalue weighted by Gasteiger charge is -2.07. The minimum absolute atomic E-state index is 0.218. The molecule has 94 valence electrons. The number of halogens is 2. The fraction of sp³-hybridized carbons (Fsp3) is 0.182. The zero-order valence-electron chi connectivity index (χ0n) is 9.41. The summed E-state index contributed by atoms with van der Waals surface area (Å²) in [6.45, 7) is 1.93. The van der Waals surface area contributed by atoms with E-state index < -0.39 is 0 Å². The van der Waals surface area contributed by atoms with Crippen LogP contribution in [0, 0.1) is 0 Å². The van der Waals surface area contributed by atoms with Crippen LogP contribution in [0.15, 0.2) is 22.7 Å². The first kappa shape index (κ1) is 13.5. The number of aromatic nitrogens is 2. The van der Waals surface area contributed by atoms with E-state index in [0.29, 0.717) is 32.2 Å². The van der Waals surface area contributed by atoms with Crippen LogP contribution in [0.2, 0.25) is 5.02 Å². The van der Waals surface area contributed by atoms with E-state index in [9.17, 15) is 4.79 Å². The van der Waals surface area contributed by atoms with Gasteiger partial charge in [0.2, 0.25) is 0 Å². The highest BCUT2D eigenvalue weighted by Crippen LogP contribution is 2.30. The van der Waals surface area contributed by atoms with Gasteiger partial charge in [-0.1, -0.05) is 29.1 Å². The van der Waals surface area contributed by atoms with Crippen LogP contribution < -0.4 is 5.32 Å². The molecule has 2 aromatic rings. The maximum absolute atomic E-state index is 12.1. The summed E-state index contributed by atoms with van der Waals surface area (Å²) in [6.07, 6.45) is 0.677. The second-order valence-corrected chi connectivity index (χ2v) is 5.41. The zero-order valence-corrected chi connectivity index (χ0v) is 12.6. The summed E-state index contributed by atoms with van der Waals surface area (Å²) in [5.74, 6) is -0.218. The number of hydrogen-bond acceptors (Lipinski definition) is 4. The molecule has 1 heterocycles. The third kappa shape index (κ3) is 2.71. The van der Waals surface area contributed by atoms with Crippen molar-refractivity contribution in [3.8, 4) is 0 Å². The molecule has 0 unspecified atom stereocenters. The van der Waals surface area contributed by atoms with Crippen LogP contribution in [-0.4, -0.2) is 15.5 Å². The van der Waals surface area contributed by atoms with Crippen molar-refractivity contribution in [2.45, 2.75) is 13.3 Å². The van der Waals surface area contributed by atoms with Crippen molar-refractivity contribution < 1.29 is 4.79 Å². The van der Waals surface area contributed by atoms with Crippen molar-refractivity contribution >= 4 is 50.7 Å². The first-order chi connectivity index (χ1) is 8.63. The van der Waals surface area contributed by atoms with E-state index in [1.165, 1.54) is 0 Å². The molecular weight excluding hydrogens is 338 g/mol. The maximum Gasteiger partial charge on any atom is 0.269 e. The molecule has 1 N–H and O–H groups in total. The highest BCUT2D eigenvalue weighted by molar-refractivity contribution is 9.10. The summed E-state index contributed by atoms with van der Waals surface area (Å²) in [5.41, 5.74) is 1.33. The van der Waals surface area contributed by atoms with Crippen molar-refractivity contribution in [3.63, 3.8) is 0 Å². The number of benzene rings is 1. The summed E-state index contributed by atoms with van der Waals surface area (Å²) in [5, 5.41) is 7.24. The predicted molar refractivity (Wildman–Crippen MR) is 76.4 cm³/mol. The van der Waals surface area contributed by atoms with Gasteiger partial charge in [0.15, 0.2) is 0 Å². The Morgan fingerprint density at radius 3 is 3.06 bits per heavy atom. The van der Waals surface area contributed by atoms with E-state index in [0.717, 1.165) is 11.5 Å². The molecular formula is C11H9BrClN3OS. The standard InChI is InChI=1S/C11H9BrClN3OS/c1-2-7-10(18-16-15-7)11(17)14-8-5-3-4-6(13)9(8)12/h3-5H,2H2,1H3,(H,14,17). The minimum atomic E-state index is -0.218. The van der Waals surface area contributed by atoms with Gasteiger partial charge in [-0.3, -0.25) is 4.79 Å². The maximum atomic E-state index is 12.1. The number of carbonyl (C=O) groups is 1. The third-order valence-corrected chi connectivity index (χ3v) is 4.46. The van der Waals surface area contributed by atoms with Crippen LogP contribution in [0.1, 0.15) is 22.3 Å². The van der Waals surface area contributed by atoms with Crippen molar-refractivity contribution in [2.75, 3.05) is 5.32 Å². The Labute approximate surface area is 122 Å². The second kappa shape index (κ2) is 5.77. The molecule has 0 aliphatic rings. The van der Waals surface area contributed by atoms with Gasteiger partial charge >= 0.3 is 0 Å². The van der Waals surface area contributed by atoms with E-state index in [1.54, 1.807) is 18.2 Å². The van der Waals surface area contributed by atoms with Crippen LogP contribution in [0.4, 0.5) is 5.69 Å². The molecule has 0 radical (unpaired) electrons. The number of nitrogens with zero attached hydrogens (tertiary/aromatic N) is 2. The highest BCUT2D eigenvalue weighted by Gasteiger charge is 2.16. The molecule has 1 aromatic heterocycles. The number of hydrogen-bond donors (Lipinski definition) is 1. The second-order valence-electron chi connectivity index (χ2n) is 3.46. The first-order valence-corrected chi connectivity index (χ1v) is 7.14. The molecule has 2 rings (SSSR count). The van der Waals surface area contributed by atoms with Gasteiger partial charge < -0.3 is 5.32 Å². The number of aryl methyl sites for hydroxylation is 1. The van der Waals surface area contributed by atoms with Gasteiger partial charge in [-0.15, -0.1) is 5.10 Å². The Kier molecular flexibility index (Phi) is 4.31. The molecule has 18 heavy (non-hydrogen) atoms. The topological polar surface area (TPSA) is 54.9 Å². The molecule has 0 saturated carbocycles. The SMILES string of the molecule is CCc1nnsc1C(=O)Nc1cccc(Cl)c1Br. The minimum Gasteiger partial charge on any atom is -0.320 e. The van der Waals surface area contributed by atoms with Crippen LogP contribution in [0.25, 0.3) is 0 Å². The molecule has 0 aliphatic carbocycles. The molecule has 1 aromatic carbocycles. The van der Waals surface area contributed by atoms with Crippen molar-refractivity contribution in [1.29, 1.82) is 0 Å². The fourth-order valence-electron chi connectivity index (χ4n) is 1.39. The van der Waals surface area contributed by atoms with Crippen molar-refractivity contribution in [2.24, 2.45) is 0 Å². The first-order valence-electron chi connectivity index (χ1n) is 5.20. The van der Waals surface area contributed by atoms with Gasteiger partial charge in [0.25, 0.3) is 5.91 Å². The molecule has 0 fully saturated rings. The van der Waals surface area contributed by atoms with E-state index in [-0.39, 0.29) is 5.91 Å². The Bertz CT molecular complexity index is 587. The zero-order chi connectivity index (χ0) is 13.1. The number of carbonyl (C=O) groups excluding carboxylic acids is 1. The summed E-state index contributed by atoms with van der Waals surface area (Å²) in [4.78, 5) is 12.6. The number of nitrogens with one attached hydrogen (secondary N) is 1.